The molecule has 0 radical (unpaired) electrons. The molecule has 1 aliphatic carbocycles. The second kappa shape index (κ2) is 10.8. The lowest BCUT2D eigenvalue weighted by molar-refractivity contribution is 0.538. The van der Waals surface area contributed by atoms with Gasteiger partial charge in [-0.1, -0.05) is 48.9 Å². The molecule has 5 aromatic rings. The molecule has 10 heteroatoms. The van der Waals surface area contributed by atoms with Crippen LogP contribution in [-0.4, -0.2) is 31.5 Å². The number of nitrogens with zero attached hydrogens (tertiary/aromatic N) is 6. The van der Waals surface area contributed by atoms with E-state index in [-0.39, 0.29) is 11.5 Å². The van der Waals surface area contributed by atoms with Crippen molar-refractivity contribution in [2.45, 2.75) is 44.2 Å². The van der Waals surface area contributed by atoms with E-state index >= 15 is 0 Å². The third-order valence-corrected chi connectivity index (χ3v) is 7.49. The van der Waals surface area contributed by atoms with Gasteiger partial charge in [-0.05, 0) is 54.8 Å². The van der Waals surface area contributed by atoms with Crippen LogP contribution in [0.4, 0.5) is 15.8 Å². The minimum atomic E-state index is -1.62. The van der Waals surface area contributed by atoms with Crippen LogP contribution < -0.4 is 10.6 Å². The molecule has 8 nitrogen and oxygen atoms in total. The average Bonchev–Trinajstić information content (AvgIpc) is 3.72. The van der Waals surface area contributed by atoms with Gasteiger partial charge >= 0.3 is 0 Å². The van der Waals surface area contributed by atoms with Gasteiger partial charge in [-0.2, -0.15) is 5.26 Å². The van der Waals surface area contributed by atoms with Gasteiger partial charge in [-0.25, -0.2) is 9.07 Å². The van der Waals surface area contributed by atoms with Gasteiger partial charge in [0.1, 0.15) is 17.6 Å². The van der Waals surface area contributed by atoms with Crippen molar-refractivity contribution in [2.75, 3.05) is 17.2 Å². The van der Waals surface area contributed by atoms with Crippen LogP contribution in [0.2, 0.25) is 5.02 Å². The van der Waals surface area contributed by atoms with Crippen LogP contribution >= 0.6 is 11.6 Å². The largest absolute Gasteiger partial charge is 0.382 e. The zero-order valence-electron chi connectivity index (χ0n) is 23.6. The van der Waals surface area contributed by atoms with Crippen LogP contribution in [-0.2, 0) is 5.41 Å². The Hall–Kier alpha value is -4.55. The Balaban J connectivity index is 1.41. The quantitative estimate of drug-likeness (QED) is 0.201. The highest BCUT2D eigenvalue weighted by Crippen LogP contribution is 2.37. The van der Waals surface area contributed by atoms with Crippen LogP contribution in [0.5, 0.6) is 0 Å². The van der Waals surface area contributed by atoms with Gasteiger partial charge in [-0.3, -0.25) is 9.97 Å². The number of nitriles is 1. The van der Waals surface area contributed by atoms with Crippen molar-refractivity contribution in [3.05, 3.63) is 107 Å². The normalized spacial score (nSPS) is 15.1. The lowest BCUT2D eigenvalue weighted by Gasteiger charge is -2.26. The Morgan fingerprint density at radius 3 is 2.71 bits per heavy atom. The Morgan fingerprint density at radius 2 is 2.00 bits per heavy atom. The zero-order chi connectivity index (χ0) is 29.5. The zero-order valence-corrected chi connectivity index (χ0v) is 23.3. The number of nitrogens with one attached hydrogen (secondary N) is 2. The van der Waals surface area contributed by atoms with E-state index in [1.54, 1.807) is 35.3 Å². The molecule has 0 aliphatic heterocycles. The number of benzene rings is 2. The highest BCUT2D eigenvalue weighted by Gasteiger charge is 2.27. The van der Waals surface area contributed by atoms with E-state index in [1.165, 1.54) is 18.3 Å². The van der Waals surface area contributed by atoms with Gasteiger partial charge in [-0.15, -0.1) is 5.10 Å². The summed E-state index contributed by atoms with van der Waals surface area (Å²) in [7, 11) is 0. The molecule has 41 heavy (non-hydrogen) atoms. The molecule has 6 rings (SSSR count). The Labute approximate surface area is 243 Å². The summed E-state index contributed by atoms with van der Waals surface area (Å²) in [4.78, 5) is 8.97. The molecule has 3 aromatic heterocycles. The number of rotatable bonds is 9. The molecule has 0 spiro atoms. The van der Waals surface area contributed by atoms with Crippen molar-refractivity contribution < 1.29 is 5.76 Å². The topological polar surface area (TPSA) is 104 Å². The summed E-state index contributed by atoms with van der Waals surface area (Å²) in [5.41, 5.74) is 3.33. The predicted molar refractivity (Wildman–Crippen MR) is 157 cm³/mol. The molecule has 1 saturated carbocycles. The molecule has 1 aliphatic rings. The smallest absolute Gasteiger partial charge is 0.123 e. The van der Waals surface area contributed by atoms with Gasteiger partial charge in [0.05, 0.1) is 41.4 Å². The number of hydrogen-bond acceptors (Lipinski definition) is 7. The van der Waals surface area contributed by atoms with Gasteiger partial charge < -0.3 is 10.6 Å². The summed E-state index contributed by atoms with van der Waals surface area (Å²) in [5.74, 6) is -0.407. The van der Waals surface area contributed by atoms with Crippen LogP contribution in [0.3, 0.4) is 0 Å². The maximum absolute atomic E-state index is 13.9. The minimum Gasteiger partial charge on any atom is -0.382 e. The van der Waals surface area contributed by atoms with Crippen LogP contribution in [0.15, 0.2) is 73.2 Å². The monoisotopic (exact) mass is 567 g/mol. The molecule has 2 aromatic carbocycles. The van der Waals surface area contributed by atoms with E-state index in [0.717, 1.165) is 18.5 Å². The van der Waals surface area contributed by atoms with Crippen LogP contribution in [0.25, 0.3) is 10.9 Å². The highest BCUT2D eigenvalue weighted by molar-refractivity contribution is 6.35. The van der Waals surface area contributed by atoms with E-state index < -0.39 is 11.8 Å². The summed E-state index contributed by atoms with van der Waals surface area (Å²) in [5, 5.41) is 26.2. The number of aromatic nitrogens is 5. The maximum Gasteiger partial charge on any atom is 0.123 e. The van der Waals surface area contributed by atoms with E-state index in [9.17, 15) is 11.0 Å². The van der Waals surface area contributed by atoms with E-state index in [4.69, 9.17) is 11.6 Å². The highest BCUT2D eigenvalue weighted by atomic mass is 35.5. The molecule has 0 unspecified atom stereocenters. The molecule has 0 bridgehead atoms. The van der Waals surface area contributed by atoms with Crippen LogP contribution in [0, 0.1) is 17.1 Å². The average molecular weight is 568 g/mol. The summed E-state index contributed by atoms with van der Waals surface area (Å²) >= 11 is 6.75. The lowest BCUT2D eigenvalue weighted by atomic mass is 9.88. The number of hydrogen-bond donors (Lipinski definition) is 2. The van der Waals surface area contributed by atoms with Gasteiger partial charge in [0, 0.05) is 41.1 Å². The van der Waals surface area contributed by atoms with E-state index in [0.29, 0.717) is 50.7 Å². The second-order valence-electron chi connectivity index (χ2n) is 10.8. The fourth-order valence-corrected chi connectivity index (χ4v) is 4.99. The van der Waals surface area contributed by atoms with Crippen molar-refractivity contribution in [3.63, 3.8) is 0 Å². The molecule has 2 N–H and O–H groups in total. The maximum atomic E-state index is 13.9. The van der Waals surface area contributed by atoms with Crippen molar-refractivity contribution in [1.29, 1.82) is 5.26 Å². The minimum absolute atomic E-state index is 0.276. The van der Waals surface area contributed by atoms with Crippen molar-refractivity contribution in [3.8, 4) is 6.07 Å². The number of halogens is 2. The van der Waals surface area contributed by atoms with Crippen molar-refractivity contribution in [2.24, 2.45) is 0 Å². The van der Waals surface area contributed by atoms with Crippen molar-refractivity contribution >= 4 is 33.9 Å². The number of anilines is 2. The fraction of sp³-hybridized carbons (Fsp3) is 0.258. The Kier molecular flexibility index (Phi) is 6.69. The fourth-order valence-electron chi connectivity index (χ4n) is 4.72. The SMILES string of the molecule is [2H][C@](Nc1cc(Cl)c2ncc(C#N)c(NCC(C)(C)c3ccccn3)c2c1)(c1ccc(F)cc1)c1cn(C2CC2)nn1. The molecule has 1 atom stereocenters. The summed E-state index contributed by atoms with van der Waals surface area (Å²) in [6.45, 7) is 4.63. The molecule has 3 heterocycles. The first-order chi connectivity index (χ1) is 20.2. The first-order valence-electron chi connectivity index (χ1n) is 13.8. The summed E-state index contributed by atoms with van der Waals surface area (Å²) in [6, 6.07) is 15.9. The van der Waals surface area contributed by atoms with Crippen LogP contribution in [0.1, 0.15) is 62.6 Å². The van der Waals surface area contributed by atoms with E-state index in [1.807, 2.05) is 24.3 Å². The molecule has 0 saturated heterocycles. The molecule has 0 amide bonds. The molecular formula is C31H28ClFN8. The predicted octanol–water partition coefficient (Wildman–Crippen LogP) is 6.81. The molecule has 1 fully saturated rings. The Morgan fingerprint density at radius 1 is 1.20 bits per heavy atom. The third kappa shape index (κ3) is 5.56. The third-order valence-electron chi connectivity index (χ3n) is 7.20. The first kappa shape index (κ1) is 25.4. The number of fused-ring (bicyclic) bond motifs is 1. The standard InChI is InChI=1S/C31H28ClFN8/c1-31(2,27-5-3-4-12-35-27)18-37-28-20(15-34)16-36-30-24(28)13-22(14-25(30)32)38-29(19-6-8-21(33)9-7-19)26-17-41(40-39-26)23-10-11-23/h3-9,12-14,16-17,23,29,38H,10-11,18H2,1-2H3,(H,36,37)/t29-/m0/s1/i29D. The summed E-state index contributed by atoms with van der Waals surface area (Å²) < 4.78 is 25.2. The number of pyridine rings is 2. The van der Waals surface area contributed by atoms with E-state index in [2.05, 4.69) is 50.8 Å². The first-order valence-corrected chi connectivity index (χ1v) is 13.7. The second-order valence-corrected chi connectivity index (χ2v) is 11.2. The molecule has 206 valence electrons. The molecular weight excluding hydrogens is 539 g/mol. The lowest BCUT2D eigenvalue weighted by Crippen LogP contribution is -2.29. The van der Waals surface area contributed by atoms with Crippen molar-refractivity contribution in [1.82, 2.24) is 25.0 Å². The summed E-state index contributed by atoms with van der Waals surface area (Å²) in [6.07, 6.45) is 7.04. The van der Waals surface area contributed by atoms with Gasteiger partial charge in [0.2, 0.25) is 0 Å². The van der Waals surface area contributed by atoms with Gasteiger partial charge in [0.15, 0.2) is 0 Å². The van der Waals surface area contributed by atoms with Gasteiger partial charge in [0.25, 0.3) is 0 Å². The Bertz CT molecular complexity index is 1800.